The summed E-state index contributed by atoms with van der Waals surface area (Å²) in [4.78, 5) is 2.36. The van der Waals surface area contributed by atoms with E-state index in [1.807, 2.05) is 24.3 Å². The monoisotopic (exact) mass is 364 g/mol. The van der Waals surface area contributed by atoms with Gasteiger partial charge in [-0.3, -0.25) is 0 Å². The smallest absolute Gasteiger partial charge is 0.137 e. The first kappa shape index (κ1) is 17.4. The highest BCUT2D eigenvalue weighted by Crippen LogP contribution is 2.32. The van der Waals surface area contributed by atoms with Gasteiger partial charge in [0.25, 0.3) is 0 Å². The molecular weight excluding hydrogens is 343 g/mol. The SMILES string of the molecule is COc1ccc(CNc2c(Cl)ccc3c2CCN(C)CC3)cc1Cl. The summed E-state index contributed by atoms with van der Waals surface area (Å²) in [5.41, 5.74) is 4.88. The second kappa shape index (κ2) is 7.64. The van der Waals surface area contributed by atoms with Crippen molar-refractivity contribution in [1.29, 1.82) is 0 Å². The number of hydrogen-bond acceptors (Lipinski definition) is 3. The minimum atomic E-state index is 0.622. The topological polar surface area (TPSA) is 24.5 Å². The van der Waals surface area contributed by atoms with E-state index in [2.05, 4.69) is 23.3 Å². The standard InChI is InChI=1S/C19H22Cl2N2O/c1-23-9-7-14-4-5-16(20)19(15(14)8-10-23)22-12-13-3-6-18(24-2)17(21)11-13/h3-6,11,22H,7-10,12H2,1-2H3. The number of methoxy groups -OCH3 is 1. The predicted molar refractivity (Wildman–Crippen MR) is 102 cm³/mol. The average molecular weight is 365 g/mol. The molecule has 0 fully saturated rings. The molecule has 3 nitrogen and oxygen atoms in total. The minimum absolute atomic E-state index is 0.622. The number of fused-ring (bicyclic) bond motifs is 1. The highest BCUT2D eigenvalue weighted by molar-refractivity contribution is 6.33. The van der Waals surface area contributed by atoms with E-state index >= 15 is 0 Å². The molecule has 2 aromatic carbocycles. The van der Waals surface area contributed by atoms with Gasteiger partial charge in [-0.1, -0.05) is 35.3 Å². The van der Waals surface area contributed by atoms with Crippen molar-refractivity contribution in [3.8, 4) is 5.75 Å². The van der Waals surface area contributed by atoms with E-state index < -0.39 is 0 Å². The van der Waals surface area contributed by atoms with Crippen LogP contribution in [0, 0.1) is 0 Å². The van der Waals surface area contributed by atoms with Gasteiger partial charge in [0.05, 0.1) is 22.8 Å². The number of nitrogens with one attached hydrogen (secondary N) is 1. The molecule has 3 rings (SSSR count). The summed E-state index contributed by atoms with van der Waals surface area (Å²) in [5, 5.41) is 4.91. The van der Waals surface area contributed by atoms with Crippen LogP contribution in [0.3, 0.4) is 0 Å². The lowest BCUT2D eigenvalue weighted by molar-refractivity contribution is 0.352. The van der Waals surface area contributed by atoms with Gasteiger partial charge in [0, 0.05) is 19.6 Å². The van der Waals surface area contributed by atoms with Crippen LogP contribution >= 0.6 is 23.2 Å². The van der Waals surface area contributed by atoms with E-state index in [1.54, 1.807) is 7.11 Å². The van der Waals surface area contributed by atoms with Gasteiger partial charge in [0.15, 0.2) is 0 Å². The number of nitrogens with zero attached hydrogens (tertiary/aromatic N) is 1. The number of ether oxygens (including phenoxy) is 1. The Hall–Kier alpha value is -1.42. The van der Waals surface area contributed by atoms with Gasteiger partial charge in [-0.2, -0.15) is 0 Å². The lowest BCUT2D eigenvalue weighted by atomic mass is 10.0. The third-order valence-electron chi connectivity index (χ3n) is 4.55. The van der Waals surface area contributed by atoms with Crippen LogP contribution in [0.5, 0.6) is 5.75 Å². The first-order valence-electron chi connectivity index (χ1n) is 8.13. The Morgan fingerprint density at radius 1 is 1.08 bits per heavy atom. The highest BCUT2D eigenvalue weighted by Gasteiger charge is 2.16. The van der Waals surface area contributed by atoms with Crippen LogP contribution in [-0.2, 0) is 19.4 Å². The maximum absolute atomic E-state index is 6.47. The zero-order valence-electron chi connectivity index (χ0n) is 14.0. The van der Waals surface area contributed by atoms with Gasteiger partial charge >= 0.3 is 0 Å². The summed E-state index contributed by atoms with van der Waals surface area (Å²) >= 11 is 12.7. The predicted octanol–water partition coefficient (Wildman–Crippen LogP) is 4.64. The lowest BCUT2D eigenvalue weighted by Crippen LogP contribution is -2.20. The molecule has 0 aliphatic carbocycles. The van der Waals surface area contributed by atoms with Crippen molar-refractivity contribution in [2.75, 3.05) is 32.6 Å². The van der Waals surface area contributed by atoms with Gasteiger partial charge in [-0.25, -0.2) is 0 Å². The summed E-state index contributed by atoms with van der Waals surface area (Å²) < 4.78 is 5.20. The molecule has 0 amide bonds. The van der Waals surface area contributed by atoms with Crippen LogP contribution in [0.2, 0.25) is 10.0 Å². The van der Waals surface area contributed by atoms with Gasteiger partial charge in [-0.15, -0.1) is 0 Å². The van der Waals surface area contributed by atoms with Crippen molar-refractivity contribution in [3.63, 3.8) is 0 Å². The number of anilines is 1. The Bertz CT molecular complexity index is 734. The molecular formula is C19H22Cl2N2O. The van der Waals surface area contributed by atoms with Crippen molar-refractivity contribution in [1.82, 2.24) is 4.90 Å². The van der Waals surface area contributed by atoms with E-state index in [4.69, 9.17) is 27.9 Å². The van der Waals surface area contributed by atoms with E-state index in [0.29, 0.717) is 17.3 Å². The van der Waals surface area contributed by atoms with Crippen LogP contribution < -0.4 is 10.1 Å². The highest BCUT2D eigenvalue weighted by atomic mass is 35.5. The fraction of sp³-hybridized carbons (Fsp3) is 0.368. The minimum Gasteiger partial charge on any atom is -0.495 e. The summed E-state index contributed by atoms with van der Waals surface area (Å²) in [7, 11) is 3.79. The fourth-order valence-corrected chi connectivity index (χ4v) is 3.63. The van der Waals surface area contributed by atoms with Crippen molar-refractivity contribution in [3.05, 3.63) is 57.1 Å². The van der Waals surface area contributed by atoms with Crippen molar-refractivity contribution < 1.29 is 4.74 Å². The summed E-state index contributed by atoms with van der Waals surface area (Å²) in [6.45, 7) is 2.81. The summed E-state index contributed by atoms with van der Waals surface area (Å²) in [6, 6.07) is 9.99. The molecule has 0 unspecified atom stereocenters. The molecule has 0 radical (unpaired) electrons. The molecule has 0 spiro atoms. The third-order valence-corrected chi connectivity index (χ3v) is 5.16. The zero-order valence-corrected chi connectivity index (χ0v) is 15.5. The maximum atomic E-state index is 6.47. The molecule has 1 heterocycles. The van der Waals surface area contributed by atoms with Gasteiger partial charge in [-0.05, 0) is 54.8 Å². The number of halogens is 2. The Labute approximate surface area is 153 Å². The molecule has 0 saturated heterocycles. The first-order chi connectivity index (χ1) is 11.6. The number of hydrogen-bond donors (Lipinski definition) is 1. The van der Waals surface area contributed by atoms with Crippen molar-refractivity contribution in [2.45, 2.75) is 19.4 Å². The summed E-state index contributed by atoms with van der Waals surface area (Å²) in [6.07, 6.45) is 2.07. The quantitative estimate of drug-likeness (QED) is 0.854. The largest absolute Gasteiger partial charge is 0.495 e. The molecule has 1 N–H and O–H groups in total. The second-order valence-corrected chi connectivity index (χ2v) is 7.00. The van der Waals surface area contributed by atoms with Crippen LogP contribution in [0.1, 0.15) is 16.7 Å². The van der Waals surface area contributed by atoms with Crippen LogP contribution in [0.4, 0.5) is 5.69 Å². The van der Waals surface area contributed by atoms with E-state index in [-0.39, 0.29) is 0 Å². The van der Waals surface area contributed by atoms with Crippen molar-refractivity contribution >= 4 is 28.9 Å². The first-order valence-corrected chi connectivity index (χ1v) is 8.89. The molecule has 0 atom stereocenters. The van der Waals surface area contributed by atoms with E-state index in [1.165, 1.54) is 11.1 Å². The van der Waals surface area contributed by atoms with Gasteiger partial charge in [0.1, 0.15) is 5.75 Å². The number of likely N-dealkylation sites (N-methyl/N-ethyl adjacent to an activating group) is 1. The number of rotatable bonds is 4. The van der Waals surface area contributed by atoms with Crippen LogP contribution in [0.15, 0.2) is 30.3 Å². The Balaban J connectivity index is 1.81. The van der Waals surface area contributed by atoms with Crippen LogP contribution in [-0.4, -0.2) is 32.1 Å². The molecule has 1 aliphatic rings. The molecule has 128 valence electrons. The Kier molecular flexibility index (Phi) is 5.54. The zero-order chi connectivity index (χ0) is 17.1. The van der Waals surface area contributed by atoms with Crippen LogP contribution in [0.25, 0.3) is 0 Å². The summed E-state index contributed by atoms with van der Waals surface area (Å²) in [5.74, 6) is 0.690. The van der Waals surface area contributed by atoms with Gasteiger partial charge < -0.3 is 15.0 Å². The maximum Gasteiger partial charge on any atom is 0.137 e. The fourth-order valence-electron chi connectivity index (χ4n) is 3.11. The van der Waals surface area contributed by atoms with Crippen molar-refractivity contribution in [2.24, 2.45) is 0 Å². The Morgan fingerprint density at radius 2 is 1.88 bits per heavy atom. The molecule has 5 heteroatoms. The molecule has 1 aliphatic heterocycles. The van der Waals surface area contributed by atoms with E-state index in [0.717, 1.165) is 42.2 Å². The normalized spacial score (nSPS) is 14.8. The molecule has 0 bridgehead atoms. The van der Waals surface area contributed by atoms with E-state index in [9.17, 15) is 0 Å². The molecule has 2 aromatic rings. The molecule has 24 heavy (non-hydrogen) atoms. The third kappa shape index (κ3) is 3.80. The number of benzene rings is 2. The Morgan fingerprint density at radius 3 is 2.62 bits per heavy atom. The second-order valence-electron chi connectivity index (χ2n) is 6.19. The molecule has 0 saturated carbocycles. The van der Waals surface area contributed by atoms with Gasteiger partial charge in [0.2, 0.25) is 0 Å². The lowest BCUT2D eigenvalue weighted by Gasteiger charge is -2.17. The average Bonchev–Trinajstić information content (AvgIpc) is 2.76. The molecule has 0 aromatic heterocycles.